The maximum Gasteiger partial charge on any atom is 0.224 e. The Morgan fingerprint density at radius 3 is 2.93 bits per heavy atom. The van der Waals surface area contributed by atoms with Crippen LogP contribution >= 0.6 is 11.3 Å². The molecule has 0 spiro atoms. The molecule has 0 aliphatic carbocycles. The first kappa shape index (κ1) is 20.5. The lowest BCUT2D eigenvalue weighted by atomic mass is 10.00. The molecule has 2 aliphatic rings. The Labute approximate surface area is 176 Å². The minimum absolute atomic E-state index is 0.0442. The van der Waals surface area contributed by atoms with Gasteiger partial charge in [-0.05, 0) is 43.6 Å². The SMILES string of the molecule is CCCNC(=O)[C@@H]1CC[C@H](Nc2ncnc3sccc23)CN(C2CCOCC2)C1. The third kappa shape index (κ3) is 5.05. The van der Waals surface area contributed by atoms with E-state index >= 15 is 0 Å². The number of fused-ring (bicyclic) bond motifs is 1. The Balaban J connectivity index is 1.50. The number of hydrogen-bond donors (Lipinski definition) is 2. The minimum atomic E-state index is 0.0442. The second-order valence-electron chi connectivity index (χ2n) is 8.07. The van der Waals surface area contributed by atoms with Gasteiger partial charge in [-0.1, -0.05) is 6.92 Å². The van der Waals surface area contributed by atoms with Crippen molar-refractivity contribution in [1.82, 2.24) is 20.2 Å². The molecule has 0 aromatic carbocycles. The number of likely N-dealkylation sites (tertiary alicyclic amines) is 1. The zero-order chi connectivity index (χ0) is 20.1. The van der Waals surface area contributed by atoms with Gasteiger partial charge in [0.1, 0.15) is 17.0 Å². The van der Waals surface area contributed by atoms with Crippen LogP contribution in [0.1, 0.15) is 39.0 Å². The van der Waals surface area contributed by atoms with E-state index in [1.165, 1.54) is 0 Å². The molecule has 4 heterocycles. The van der Waals surface area contributed by atoms with Gasteiger partial charge in [0, 0.05) is 44.9 Å². The lowest BCUT2D eigenvalue weighted by molar-refractivity contribution is -0.125. The van der Waals surface area contributed by atoms with E-state index in [0.29, 0.717) is 6.04 Å². The quantitative estimate of drug-likeness (QED) is 0.752. The summed E-state index contributed by atoms with van der Waals surface area (Å²) in [5.74, 6) is 1.15. The molecule has 2 aromatic heterocycles. The van der Waals surface area contributed by atoms with Crippen molar-refractivity contribution in [2.24, 2.45) is 5.92 Å². The number of nitrogens with one attached hydrogen (secondary N) is 2. The van der Waals surface area contributed by atoms with Gasteiger partial charge in [-0.15, -0.1) is 11.3 Å². The number of nitrogens with zero attached hydrogens (tertiary/aromatic N) is 3. The standard InChI is InChI=1S/C21H31N5O2S/c1-2-8-22-20(27)15-3-4-16(13-26(12-15)17-5-9-28-10-6-17)25-19-18-7-11-29-21(18)24-14-23-19/h7,11,14-17H,2-6,8-10,12-13H2,1H3,(H,22,27)(H,23,24,25)/t15-,16+/m1/s1. The zero-order valence-electron chi connectivity index (χ0n) is 17.1. The fourth-order valence-electron chi connectivity index (χ4n) is 4.40. The number of carbonyl (C=O) groups is 1. The zero-order valence-corrected chi connectivity index (χ0v) is 17.9. The average molecular weight is 418 g/mol. The number of anilines is 1. The molecular formula is C21H31N5O2S. The molecule has 2 aliphatic heterocycles. The second-order valence-corrected chi connectivity index (χ2v) is 8.96. The number of hydrogen-bond acceptors (Lipinski definition) is 7. The second kappa shape index (κ2) is 9.82. The summed E-state index contributed by atoms with van der Waals surface area (Å²) in [5, 5.41) is 9.92. The van der Waals surface area contributed by atoms with Crippen LogP contribution in [0.4, 0.5) is 5.82 Å². The van der Waals surface area contributed by atoms with Gasteiger partial charge in [0.25, 0.3) is 0 Å². The predicted molar refractivity (Wildman–Crippen MR) is 116 cm³/mol. The topological polar surface area (TPSA) is 79.4 Å². The summed E-state index contributed by atoms with van der Waals surface area (Å²) in [4.78, 5) is 25.1. The number of ether oxygens (including phenoxy) is 1. The highest BCUT2D eigenvalue weighted by atomic mass is 32.1. The van der Waals surface area contributed by atoms with E-state index in [4.69, 9.17) is 4.74 Å². The van der Waals surface area contributed by atoms with Crippen LogP contribution in [0.25, 0.3) is 10.2 Å². The molecule has 0 saturated carbocycles. The molecule has 2 saturated heterocycles. The van der Waals surface area contributed by atoms with Gasteiger partial charge in [-0.3, -0.25) is 9.69 Å². The van der Waals surface area contributed by atoms with Gasteiger partial charge in [-0.25, -0.2) is 9.97 Å². The summed E-state index contributed by atoms with van der Waals surface area (Å²) < 4.78 is 5.57. The molecule has 0 radical (unpaired) electrons. The first-order valence-corrected chi connectivity index (χ1v) is 11.7. The highest BCUT2D eigenvalue weighted by molar-refractivity contribution is 7.16. The van der Waals surface area contributed by atoms with Crippen molar-refractivity contribution < 1.29 is 9.53 Å². The Kier molecular flexibility index (Phi) is 6.94. The van der Waals surface area contributed by atoms with E-state index in [9.17, 15) is 4.79 Å². The van der Waals surface area contributed by atoms with Crippen molar-refractivity contribution in [1.29, 1.82) is 0 Å². The summed E-state index contributed by atoms with van der Waals surface area (Å²) in [6.45, 7) is 6.23. The summed E-state index contributed by atoms with van der Waals surface area (Å²) in [5.41, 5.74) is 0. The first-order valence-electron chi connectivity index (χ1n) is 10.8. The van der Waals surface area contributed by atoms with E-state index in [2.05, 4.69) is 43.9 Å². The maximum absolute atomic E-state index is 12.7. The number of aromatic nitrogens is 2. The molecule has 8 heteroatoms. The number of rotatable bonds is 6. The third-order valence-electron chi connectivity index (χ3n) is 6.00. The maximum atomic E-state index is 12.7. The highest BCUT2D eigenvalue weighted by Gasteiger charge is 2.32. The number of thiophene rings is 1. The predicted octanol–water partition coefficient (Wildman–Crippen LogP) is 2.89. The number of amides is 1. The van der Waals surface area contributed by atoms with Crippen molar-refractivity contribution in [2.45, 2.75) is 51.1 Å². The molecule has 0 bridgehead atoms. The highest BCUT2D eigenvalue weighted by Crippen LogP contribution is 2.28. The van der Waals surface area contributed by atoms with E-state index in [0.717, 1.165) is 81.0 Å². The monoisotopic (exact) mass is 417 g/mol. The fraction of sp³-hybridized carbons (Fsp3) is 0.667. The Morgan fingerprint density at radius 1 is 1.24 bits per heavy atom. The Hall–Kier alpha value is -1.77. The van der Waals surface area contributed by atoms with Crippen molar-refractivity contribution in [2.75, 3.05) is 38.2 Å². The molecule has 2 aromatic rings. The average Bonchev–Trinajstić information content (AvgIpc) is 3.14. The van der Waals surface area contributed by atoms with Crippen LogP contribution < -0.4 is 10.6 Å². The molecule has 2 N–H and O–H groups in total. The summed E-state index contributed by atoms with van der Waals surface area (Å²) in [6.07, 6.45) is 6.53. The van der Waals surface area contributed by atoms with E-state index in [1.54, 1.807) is 17.7 Å². The summed E-state index contributed by atoms with van der Waals surface area (Å²) >= 11 is 1.63. The van der Waals surface area contributed by atoms with E-state index < -0.39 is 0 Å². The lowest BCUT2D eigenvalue weighted by Crippen LogP contribution is -2.47. The Morgan fingerprint density at radius 2 is 2.10 bits per heavy atom. The van der Waals surface area contributed by atoms with Crippen molar-refractivity contribution in [3.05, 3.63) is 17.8 Å². The summed E-state index contributed by atoms with van der Waals surface area (Å²) in [7, 11) is 0. The molecule has 7 nitrogen and oxygen atoms in total. The molecular weight excluding hydrogens is 386 g/mol. The summed E-state index contributed by atoms with van der Waals surface area (Å²) in [6, 6.07) is 2.83. The van der Waals surface area contributed by atoms with Gasteiger partial charge in [0.05, 0.1) is 11.3 Å². The smallest absolute Gasteiger partial charge is 0.224 e. The fourth-order valence-corrected chi connectivity index (χ4v) is 5.13. The van der Waals surface area contributed by atoms with Crippen LogP contribution in [0.5, 0.6) is 0 Å². The third-order valence-corrected chi connectivity index (χ3v) is 6.82. The van der Waals surface area contributed by atoms with Gasteiger partial charge >= 0.3 is 0 Å². The van der Waals surface area contributed by atoms with Gasteiger partial charge < -0.3 is 15.4 Å². The molecule has 0 unspecified atom stereocenters. The van der Waals surface area contributed by atoms with Gasteiger partial charge in [-0.2, -0.15) is 0 Å². The number of carbonyl (C=O) groups excluding carboxylic acids is 1. The molecule has 1 amide bonds. The molecule has 2 fully saturated rings. The van der Waals surface area contributed by atoms with Crippen LogP contribution in [0.3, 0.4) is 0 Å². The van der Waals surface area contributed by atoms with Crippen LogP contribution in [0.2, 0.25) is 0 Å². The van der Waals surface area contributed by atoms with Gasteiger partial charge in [0.2, 0.25) is 5.91 Å². The van der Waals surface area contributed by atoms with Crippen molar-refractivity contribution in [3.63, 3.8) is 0 Å². The van der Waals surface area contributed by atoms with Crippen molar-refractivity contribution >= 4 is 33.3 Å². The lowest BCUT2D eigenvalue weighted by Gasteiger charge is -2.36. The molecule has 2 atom stereocenters. The largest absolute Gasteiger partial charge is 0.381 e. The van der Waals surface area contributed by atoms with E-state index in [1.807, 2.05) is 0 Å². The van der Waals surface area contributed by atoms with Crippen LogP contribution in [-0.4, -0.2) is 65.7 Å². The van der Waals surface area contributed by atoms with Crippen molar-refractivity contribution in [3.8, 4) is 0 Å². The molecule has 29 heavy (non-hydrogen) atoms. The molecule has 4 rings (SSSR count). The minimum Gasteiger partial charge on any atom is -0.381 e. The molecule has 158 valence electrons. The Bertz CT molecular complexity index is 807. The van der Waals surface area contributed by atoms with E-state index in [-0.39, 0.29) is 17.9 Å². The van der Waals surface area contributed by atoms with Crippen LogP contribution in [0.15, 0.2) is 17.8 Å². The van der Waals surface area contributed by atoms with Crippen LogP contribution in [0, 0.1) is 5.92 Å². The first-order chi connectivity index (χ1) is 14.2. The normalized spacial score (nSPS) is 24.3. The van der Waals surface area contributed by atoms with Crippen LogP contribution in [-0.2, 0) is 9.53 Å². The van der Waals surface area contributed by atoms with Gasteiger partial charge in [0.15, 0.2) is 0 Å².